The predicted octanol–water partition coefficient (Wildman–Crippen LogP) is 3.75. The van der Waals surface area contributed by atoms with Gasteiger partial charge in [0.1, 0.15) is 5.51 Å². The van der Waals surface area contributed by atoms with E-state index in [1.807, 2.05) is 0 Å². The van der Waals surface area contributed by atoms with Crippen molar-refractivity contribution in [1.82, 2.24) is 15.5 Å². The average molecular weight is 279 g/mol. The molecule has 0 fully saturated rings. The molecular weight excluding hydrogens is 262 g/mol. The quantitative estimate of drug-likeness (QED) is 0.874. The van der Waals surface area contributed by atoms with Gasteiger partial charge in [-0.3, -0.25) is 0 Å². The van der Waals surface area contributed by atoms with Crippen LogP contribution in [0.2, 0.25) is 0 Å². The lowest BCUT2D eigenvalue weighted by molar-refractivity contribution is 0.570. The number of aromatic nitrogens is 2. The molecule has 0 bridgehead atoms. The van der Waals surface area contributed by atoms with Gasteiger partial charge in [-0.05, 0) is 37.6 Å². The summed E-state index contributed by atoms with van der Waals surface area (Å²) in [5.41, 5.74) is 3.08. The minimum Gasteiger partial charge on any atom is -0.310 e. The van der Waals surface area contributed by atoms with E-state index < -0.39 is 0 Å². The third-order valence-electron chi connectivity index (χ3n) is 2.63. The lowest BCUT2D eigenvalue weighted by Gasteiger charge is -2.13. The summed E-state index contributed by atoms with van der Waals surface area (Å²) in [6.45, 7) is 5.44. The maximum Gasteiger partial charge on any atom is 0.178 e. The first kappa shape index (κ1) is 13.5. The van der Waals surface area contributed by atoms with E-state index in [2.05, 4.69) is 53.6 Å². The molecule has 1 unspecified atom stereocenters. The smallest absolute Gasteiger partial charge is 0.178 e. The fraction of sp³-hybridized carbons (Fsp3) is 0.385. The normalized spacial score (nSPS) is 12.6. The molecule has 1 aromatic carbocycles. The van der Waals surface area contributed by atoms with E-state index in [0.717, 1.165) is 17.3 Å². The minimum absolute atomic E-state index is 0.408. The molecule has 0 radical (unpaired) electrons. The molecule has 1 atom stereocenters. The lowest BCUT2D eigenvalue weighted by Crippen LogP contribution is -2.19. The van der Waals surface area contributed by atoms with Crippen molar-refractivity contribution in [2.45, 2.75) is 35.5 Å². The van der Waals surface area contributed by atoms with Gasteiger partial charge in [-0.25, -0.2) is 0 Å². The Morgan fingerprint density at radius 3 is 2.72 bits per heavy atom. The summed E-state index contributed by atoms with van der Waals surface area (Å²) in [5, 5.41) is 11.4. The van der Waals surface area contributed by atoms with E-state index in [1.165, 1.54) is 10.5 Å². The predicted molar refractivity (Wildman–Crippen MR) is 77.2 cm³/mol. The second-order valence-electron chi connectivity index (χ2n) is 4.05. The van der Waals surface area contributed by atoms with Gasteiger partial charge in [0.2, 0.25) is 0 Å². The highest BCUT2D eigenvalue weighted by Gasteiger charge is 2.05. The van der Waals surface area contributed by atoms with Crippen LogP contribution in [0.15, 0.2) is 39.0 Å². The van der Waals surface area contributed by atoms with Gasteiger partial charge in [-0.15, -0.1) is 10.2 Å². The van der Waals surface area contributed by atoms with E-state index >= 15 is 0 Å². The highest BCUT2D eigenvalue weighted by Crippen LogP contribution is 2.29. The van der Waals surface area contributed by atoms with Crippen molar-refractivity contribution in [3.8, 4) is 0 Å². The molecule has 1 N–H and O–H groups in total. The third-order valence-corrected chi connectivity index (χ3v) is 4.41. The first-order valence-electron chi connectivity index (χ1n) is 6.07. The Morgan fingerprint density at radius 2 is 2.11 bits per heavy atom. The Labute approximate surface area is 116 Å². The number of hydrogen-bond acceptors (Lipinski definition) is 5. The minimum atomic E-state index is 0.408. The van der Waals surface area contributed by atoms with Crippen LogP contribution in [-0.2, 0) is 0 Å². The van der Waals surface area contributed by atoms with Crippen molar-refractivity contribution in [3.63, 3.8) is 0 Å². The van der Waals surface area contributed by atoms with Crippen LogP contribution in [0.1, 0.15) is 31.9 Å². The van der Waals surface area contributed by atoms with Crippen LogP contribution in [0.5, 0.6) is 0 Å². The summed E-state index contributed by atoms with van der Waals surface area (Å²) in [5.74, 6) is 0. The molecule has 0 spiro atoms. The SMILES string of the molecule is CCCNC(C)c1ccc(Sc2nncs2)cc1. The maximum absolute atomic E-state index is 4.03. The van der Waals surface area contributed by atoms with Crippen LogP contribution >= 0.6 is 23.1 Å². The molecule has 1 heterocycles. The summed E-state index contributed by atoms with van der Waals surface area (Å²) in [6.07, 6.45) is 1.16. The molecule has 3 nitrogen and oxygen atoms in total. The zero-order valence-electron chi connectivity index (χ0n) is 10.6. The molecule has 1 aromatic heterocycles. The summed E-state index contributed by atoms with van der Waals surface area (Å²) in [6, 6.07) is 9.05. The monoisotopic (exact) mass is 279 g/mol. The molecule has 0 saturated carbocycles. The molecule has 0 saturated heterocycles. The van der Waals surface area contributed by atoms with Crippen LogP contribution in [0.25, 0.3) is 0 Å². The average Bonchev–Trinajstić information content (AvgIpc) is 2.89. The zero-order valence-corrected chi connectivity index (χ0v) is 12.2. The Kier molecular flexibility index (Phi) is 5.16. The van der Waals surface area contributed by atoms with E-state index in [9.17, 15) is 0 Å². The Hall–Kier alpha value is -0.910. The second kappa shape index (κ2) is 6.87. The van der Waals surface area contributed by atoms with Crippen LogP contribution in [0, 0.1) is 0 Å². The number of hydrogen-bond donors (Lipinski definition) is 1. The van der Waals surface area contributed by atoms with E-state index in [1.54, 1.807) is 28.6 Å². The number of benzene rings is 1. The fourth-order valence-electron chi connectivity index (χ4n) is 1.61. The molecule has 0 aliphatic heterocycles. The van der Waals surface area contributed by atoms with Crippen molar-refractivity contribution in [3.05, 3.63) is 35.3 Å². The van der Waals surface area contributed by atoms with Crippen molar-refractivity contribution < 1.29 is 0 Å². The van der Waals surface area contributed by atoms with Crippen LogP contribution in [0.4, 0.5) is 0 Å². The molecular formula is C13H17N3S2. The topological polar surface area (TPSA) is 37.8 Å². The lowest BCUT2D eigenvalue weighted by atomic mass is 10.1. The largest absolute Gasteiger partial charge is 0.310 e. The van der Waals surface area contributed by atoms with Crippen LogP contribution < -0.4 is 5.32 Å². The fourth-order valence-corrected chi connectivity index (χ4v) is 3.06. The van der Waals surface area contributed by atoms with Gasteiger partial charge in [0.15, 0.2) is 4.34 Å². The molecule has 0 aliphatic rings. The van der Waals surface area contributed by atoms with Crippen LogP contribution in [-0.4, -0.2) is 16.7 Å². The number of nitrogens with one attached hydrogen (secondary N) is 1. The molecule has 96 valence electrons. The van der Waals surface area contributed by atoms with Gasteiger partial charge in [-0.1, -0.05) is 42.2 Å². The third kappa shape index (κ3) is 3.80. The molecule has 2 rings (SSSR count). The molecule has 18 heavy (non-hydrogen) atoms. The molecule has 5 heteroatoms. The summed E-state index contributed by atoms with van der Waals surface area (Å²) >= 11 is 3.22. The van der Waals surface area contributed by atoms with Crippen molar-refractivity contribution >= 4 is 23.1 Å². The second-order valence-corrected chi connectivity index (χ2v) is 6.21. The Bertz CT molecular complexity index is 454. The molecule has 0 amide bonds. The van der Waals surface area contributed by atoms with Crippen molar-refractivity contribution in [1.29, 1.82) is 0 Å². The van der Waals surface area contributed by atoms with Gasteiger partial charge in [0.25, 0.3) is 0 Å². The van der Waals surface area contributed by atoms with Gasteiger partial charge < -0.3 is 5.32 Å². The first-order chi connectivity index (χ1) is 8.79. The zero-order chi connectivity index (χ0) is 12.8. The summed E-state index contributed by atoms with van der Waals surface area (Å²) < 4.78 is 0.986. The Balaban J connectivity index is 1.96. The van der Waals surface area contributed by atoms with Gasteiger partial charge in [0.05, 0.1) is 0 Å². The number of nitrogens with zero attached hydrogens (tertiary/aromatic N) is 2. The Morgan fingerprint density at radius 1 is 1.33 bits per heavy atom. The summed E-state index contributed by atoms with van der Waals surface area (Å²) in [7, 11) is 0. The van der Waals surface area contributed by atoms with E-state index in [4.69, 9.17) is 0 Å². The summed E-state index contributed by atoms with van der Waals surface area (Å²) in [4.78, 5) is 1.21. The highest BCUT2D eigenvalue weighted by atomic mass is 32.2. The van der Waals surface area contributed by atoms with E-state index in [0.29, 0.717) is 6.04 Å². The number of rotatable bonds is 6. The van der Waals surface area contributed by atoms with E-state index in [-0.39, 0.29) is 0 Å². The highest BCUT2D eigenvalue weighted by molar-refractivity contribution is 8.01. The molecule has 2 aromatic rings. The maximum atomic E-state index is 4.03. The van der Waals surface area contributed by atoms with Crippen molar-refractivity contribution in [2.75, 3.05) is 6.54 Å². The first-order valence-corrected chi connectivity index (χ1v) is 7.76. The molecule has 0 aliphatic carbocycles. The standard InChI is InChI=1S/C13H17N3S2/c1-3-8-14-10(2)11-4-6-12(7-5-11)18-13-16-15-9-17-13/h4-7,9-10,14H,3,8H2,1-2H3. The van der Waals surface area contributed by atoms with Crippen LogP contribution in [0.3, 0.4) is 0 Å². The van der Waals surface area contributed by atoms with Gasteiger partial charge >= 0.3 is 0 Å². The van der Waals surface area contributed by atoms with Crippen molar-refractivity contribution in [2.24, 2.45) is 0 Å². The van der Waals surface area contributed by atoms with Gasteiger partial charge in [-0.2, -0.15) is 0 Å². The van der Waals surface area contributed by atoms with Gasteiger partial charge in [0, 0.05) is 10.9 Å².